The van der Waals surface area contributed by atoms with Gasteiger partial charge in [0.25, 0.3) is 0 Å². The lowest BCUT2D eigenvalue weighted by Crippen LogP contribution is -2.24. The van der Waals surface area contributed by atoms with Gasteiger partial charge in [-0.15, -0.1) is 0 Å². The first-order chi connectivity index (χ1) is 9.44. The van der Waals surface area contributed by atoms with Gasteiger partial charge >= 0.3 is 6.18 Å². The molecule has 1 saturated carbocycles. The highest BCUT2D eigenvalue weighted by Gasteiger charge is 2.29. The van der Waals surface area contributed by atoms with Crippen molar-refractivity contribution in [3.05, 3.63) is 35.4 Å². The third-order valence-electron chi connectivity index (χ3n) is 2.97. The molecule has 0 heterocycles. The number of carbonyl (C=O) groups excluding carboxylic acids is 1. The zero-order valence-corrected chi connectivity index (χ0v) is 10.9. The van der Waals surface area contributed by atoms with Gasteiger partial charge in [-0.1, -0.05) is 24.3 Å². The van der Waals surface area contributed by atoms with E-state index in [1.54, 1.807) is 24.3 Å². The maximum Gasteiger partial charge on any atom is 0.411 e. The lowest BCUT2D eigenvalue weighted by Gasteiger charge is -2.08. The van der Waals surface area contributed by atoms with Crippen LogP contribution in [0.3, 0.4) is 0 Å². The van der Waals surface area contributed by atoms with Crippen LogP contribution in [0.15, 0.2) is 24.3 Å². The molecule has 1 aliphatic rings. The topological polar surface area (TPSA) is 38.3 Å². The molecule has 0 aromatic heterocycles. The van der Waals surface area contributed by atoms with Gasteiger partial charge < -0.3 is 10.1 Å². The zero-order chi connectivity index (χ0) is 14.6. The lowest BCUT2D eigenvalue weighted by atomic mass is 10.1. The van der Waals surface area contributed by atoms with Gasteiger partial charge in [0.15, 0.2) is 0 Å². The van der Waals surface area contributed by atoms with Crippen LogP contribution in [-0.4, -0.2) is 18.7 Å². The predicted octanol–water partition coefficient (Wildman–Crippen LogP) is 2.79. The number of carbonyl (C=O) groups is 1. The number of nitrogens with one attached hydrogen (secondary N) is 1. The van der Waals surface area contributed by atoms with Crippen molar-refractivity contribution in [2.24, 2.45) is 5.92 Å². The number of hydrogen-bond donors (Lipinski definition) is 1. The van der Waals surface area contributed by atoms with Crippen LogP contribution in [0.2, 0.25) is 0 Å². The predicted molar refractivity (Wildman–Crippen MR) is 66.7 cm³/mol. The van der Waals surface area contributed by atoms with Crippen LogP contribution in [0.4, 0.5) is 13.2 Å². The average molecular weight is 287 g/mol. The highest BCUT2D eigenvalue weighted by molar-refractivity contribution is 5.80. The molecular weight excluding hydrogens is 271 g/mol. The van der Waals surface area contributed by atoms with E-state index in [4.69, 9.17) is 0 Å². The van der Waals surface area contributed by atoms with E-state index in [0.29, 0.717) is 12.1 Å². The molecule has 0 aliphatic heterocycles. The lowest BCUT2D eigenvalue weighted by molar-refractivity contribution is -0.176. The Morgan fingerprint density at radius 3 is 2.35 bits per heavy atom. The van der Waals surface area contributed by atoms with E-state index in [9.17, 15) is 18.0 Å². The minimum Gasteiger partial charge on any atom is -0.367 e. The van der Waals surface area contributed by atoms with Gasteiger partial charge in [-0.05, 0) is 24.0 Å². The maximum atomic E-state index is 11.9. The van der Waals surface area contributed by atoms with E-state index >= 15 is 0 Å². The van der Waals surface area contributed by atoms with Crippen LogP contribution in [0.1, 0.15) is 24.0 Å². The number of rotatable bonds is 6. The number of alkyl halides is 3. The van der Waals surface area contributed by atoms with Crippen molar-refractivity contribution >= 4 is 5.91 Å². The van der Waals surface area contributed by atoms with Crippen LogP contribution >= 0.6 is 0 Å². The monoisotopic (exact) mass is 287 g/mol. The number of hydrogen-bond acceptors (Lipinski definition) is 2. The van der Waals surface area contributed by atoms with Crippen molar-refractivity contribution in [1.82, 2.24) is 5.32 Å². The van der Waals surface area contributed by atoms with Crippen molar-refractivity contribution in [3.63, 3.8) is 0 Å². The Bertz CT molecular complexity index is 452. The second-order valence-corrected chi connectivity index (χ2v) is 4.92. The summed E-state index contributed by atoms with van der Waals surface area (Å²) in [4.78, 5) is 11.4. The quantitative estimate of drug-likeness (QED) is 0.873. The molecule has 110 valence electrons. The fourth-order valence-electron chi connectivity index (χ4n) is 1.72. The highest BCUT2D eigenvalue weighted by Crippen LogP contribution is 2.28. The molecule has 0 spiro atoms. The van der Waals surface area contributed by atoms with Crippen molar-refractivity contribution in [2.45, 2.75) is 32.2 Å². The smallest absolute Gasteiger partial charge is 0.367 e. The summed E-state index contributed by atoms with van der Waals surface area (Å²) in [5.41, 5.74) is 1.59. The van der Waals surface area contributed by atoms with Crippen LogP contribution < -0.4 is 5.32 Å². The summed E-state index contributed by atoms with van der Waals surface area (Å²) in [5, 5.41) is 2.82. The number of benzene rings is 1. The average Bonchev–Trinajstić information content (AvgIpc) is 3.20. The van der Waals surface area contributed by atoms with E-state index in [1.165, 1.54) is 0 Å². The van der Waals surface area contributed by atoms with Gasteiger partial charge in [0.05, 0.1) is 6.61 Å². The third kappa shape index (κ3) is 5.21. The van der Waals surface area contributed by atoms with Crippen LogP contribution in [0.5, 0.6) is 0 Å². The van der Waals surface area contributed by atoms with E-state index < -0.39 is 12.8 Å². The first kappa shape index (κ1) is 14.8. The first-order valence-corrected chi connectivity index (χ1v) is 6.44. The SMILES string of the molecule is O=C(NCc1ccc(COCC(F)(F)F)cc1)C1CC1. The Morgan fingerprint density at radius 1 is 1.20 bits per heavy atom. The Hall–Kier alpha value is -1.56. The Labute approximate surface area is 115 Å². The second-order valence-electron chi connectivity index (χ2n) is 4.92. The van der Waals surface area contributed by atoms with Gasteiger partial charge in [0.1, 0.15) is 6.61 Å². The van der Waals surface area contributed by atoms with Gasteiger partial charge in [-0.2, -0.15) is 13.2 Å². The molecule has 3 nitrogen and oxygen atoms in total. The third-order valence-corrected chi connectivity index (χ3v) is 2.97. The Kier molecular flexibility index (Phi) is 4.65. The minimum absolute atomic E-state index is 0.0718. The standard InChI is InChI=1S/C14H16F3NO2/c15-14(16,17)9-20-8-11-3-1-10(2-4-11)7-18-13(19)12-5-6-12/h1-4,12H,5-9H2,(H,18,19). The van der Waals surface area contributed by atoms with Crippen molar-refractivity contribution in [2.75, 3.05) is 6.61 Å². The normalized spacial score (nSPS) is 15.2. The van der Waals surface area contributed by atoms with Gasteiger partial charge in [0, 0.05) is 12.5 Å². The van der Waals surface area contributed by atoms with Crippen LogP contribution in [0.25, 0.3) is 0 Å². The summed E-state index contributed by atoms with van der Waals surface area (Å²) in [7, 11) is 0. The number of ether oxygens (including phenoxy) is 1. The molecule has 0 radical (unpaired) electrons. The van der Waals surface area contributed by atoms with Crippen molar-refractivity contribution in [3.8, 4) is 0 Å². The molecule has 20 heavy (non-hydrogen) atoms. The molecule has 0 atom stereocenters. The van der Waals surface area contributed by atoms with Crippen molar-refractivity contribution < 1.29 is 22.7 Å². The number of amides is 1. The molecule has 1 aliphatic carbocycles. The maximum absolute atomic E-state index is 11.9. The number of halogens is 3. The molecule has 1 aromatic rings. The molecule has 1 aromatic carbocycles. The van der Waals surface area contributed by atoms with E-state index in [0.717, 1.165) is 18.4 Å². The van der Waals surface area contributed by atoms with Crippen molar-refractivity contribution in [1.29, 1.82) is 0 Å². The summed E-state index contributed by atoms with van der Waals surface area (Å²) < 4.78 is 40.3. The molecule has 1 amide bonds. The largest absolute Gasteiger partial charge is 0.411 e. The van der Waals surface area contributed by atoms with E-state index in [-0.39, 0.29) is 18.4 Å². The Morgan fingerprint density at radius 2 is 1.80 bits per heavy atom. The van der Waals surface area contributed by atoms with Crippen LogP contribution in [-0.2, 0) is 22.7 Å². The second kappa shape index (κ2) is 6.26. The van der Waals surface area contributed by atoms with Gasteiger partial charge in [-0.25, -0.2) is 0 Å². The zero-order valence-electron chi connectivity index (χ0n) is 10.9. The van der Waals surface area contributed by atoms with Crippen LogP contribution in [0, 0.1) is 5.92 Å². The summed E-state index contributed by atoms with van der Waals surface area (Å²) in [6.45, 7) is -0.876. The minimum atomic E-state index is -4.30. The van der Waals surface area contributed by atoms with E-state index in [2.05, 4.69) is 10.1 Å². The summed E-state index contributed by atoms with van der Waals surface area (Å²) in [6, 6.07) is 6.96. The first-order valence-electron chi connectivity index (χ1n) is 6.44. The van der Waals surface area contributed by atoms with Gasteiger partial charge in [0.2, 0.25) is 5.91 Å². The molecule has 6 heteroatoms. The highest BCUT2D eigenvalue weighted by atomic mass is 19.4. The molecular formula is C14H16F3NO2. The fraction of sp³-hybridized carbons (Fsp3) is 0.500. The summed E-state index contributed by atoms with van der Waals surface area (Å²) >= 11 is 0. The summed E-state index contributed by atoms with van der Waals surface area (Å²) in [6.07, 6.45) is -2.38. The Balaban J connectivity index is 1.73. The summed E-state index contributed by atoms with van der Waals surface area (Å²) in [5.74, 6) is 0.243. The molecule has 0 bridgehead atoms. The molecule has 0 saturated heterocycles. The van der Waals surface area contributed by atoms with E-state index in [1.807, 2.05) is 0 Å². The fourth-order valence-corrected chi connectivity index (χ4v) is 1.72. The molecule has 2 rings (SSSR count). The van der Waals surface area contributed by atoms with Gasteiger partial charge in [-0.3, -0.25) is 4.79 Å². The molecule has 1 fully saturated rings. The molecule has 1 N–H and O–H groups in total. The molecule has 0 unspecified atom stereocenters.